The predicted molar refractivity (Wildman–Crippen MR) is 100 cm³/mol. The summed E-state index contributed by atoms with van der Waals surface area (Å²) in [6.45, 7) is 1.23. The Balaban J connectivity index is 0.000000323. The van der Waals surface area contributed by atoms with Crippen molar-refractivity contribution in [3.63, 3.8) is 0 Å². The molecule has 2 bridgehead atoms. The van der Waals surface area contributed by atoms with Gasteiger partial charge >= 0.3 is 0 Å². The lowest BCUT2D eigenvalue weighted by Crippen LogP contribution is -2.65. The van der Waals surface area contributed by atoms with Crippen LogP contribution in [0.1, 0.15) is 36.8 Å². The quantitative estimate of drug-likeness (QED) is 0.829. The number of likely N-dealkylation sites (N-methyl/N-ethyl adjacent to an activating group) is 1. The number of rotatable bonds is 3. The number of aliphatic hydroxyl groups excluding tert-OH is 2. The van der Waals surface area contributed by atoms with Crippen LogP contribution in [0.3, 0.4) is 0 Å². The molecule has 1 aromatic carbocycles. The smallest absolute Gasteiger partial charge is 0.174 e. The number of hydrogen-bond donors (Lipinski definition) is 2. The molecule has 0 aromatic heterocycles. The van der Waals surface area contributed by atoms with E-state index in [4.69, 9.17) is 19.7 Å². The van der Waals surface area contributed by atoms with Gasteiger partial charge in [-0.15, -0.1) is 0 Å². The van der Waals surface area contributed by atoms with Crippen LogP contribution < -0.4 is 9.47 Å². The number of aliphatic hydroxyl groups is 2. The average Bonchev–Trinajstić information content (AvgIpc) is 3.03. The Morgan fingerprint density at radius 3 is 2.78 bits per heavy atom. The summed E-state index contributed by atoms with van der Waals surface area (Å²) in [5, 5.41) is 15.8. The van der Waals surface area contributed by atoms with Crippen molar-refractivity contribution in [2.24, 2.45) is 5.92 Å². The van der Waals surface area contributed by atoms with Crippen molar-refractivity contribution in [2.45, 2.75) is 49.7 Å². The van der Waals surface area contributed by atoms with Crippen LogP contribution in [0.4, 0.5) is 0 Å². The SMILES string of the molecule is COc1ccc2c3c1O[C@H]1C(=O)CC[C@H]4[C@@H](C2)N(C)CC[C@]314.OCCCO. The fourth-order valence-corrected chi connectivity index (χ4v) is 5.74. The Labute approximate surface area is 160 Å². The number of ketones is 1. The van der Waals surface area contributed by atoms with E-state index in [0.717, 1.165) is 37.3 Å². The molecule has 6 nitrogen and oxygen atoms in total. The number of piperidine rings is 1. The molecule has 1 aromatic rings. The van der Waals surface area contributed by atoms with Crippen molar-refractivity contribution in [1.82, 2.24) is 4.90 Å². The van der Waals surface area contributed by atoms with Gasteiger partial charge in [-0.25, -0.2) is 0 Å². The Hall–Kier alpha value is -1.63. The maximum atomic E-state index is 12.6. The van der Waals surface area contributed by atoms with Crippen LogP contribution >= 0.6 is 0 Å². The summed E-state index contributed by atoms with van der Waals surface area (Å²) in [4.78, 5) is 15.1. The monoisotopic (exact) mass is 375 g/mol. The summed E-state index contributed by atoms with van der Waals surface area (Å²) >= 11 is 0. The summed E-state index contributed by atoms with van der Waals surface area (Å²) in [6.07, 6.45) is 3.97. The van der Waals surface area contributed by atoms with Gasteiger partial charge in [0, 0.05) is 36.7 Å². The van der Waals surface area contributed by atoms with Gasteiger partial charge in [0.15, 0.2) is 23.4 Å². The van der Waals surface area contributed by atoms with E-state index >= 15 is 0 Å². The fraction of sp³-hybridized carbons (Fsp3) is 0.667. The number of nitrogens with zero attached hydrogens (tertiary/aromatic N) is 1. The van der Waals surface area contributed by atoms with E-state index in [1.165, 1.54) is 11.1 Å². The molecule has 2 aliphatic carbocycles. The zero-order chi connectivity index (χ0) is 19.2. The molecule has 1 saturated heterocycles. The number of methoxy groups -OCH3 is 1. The zero-order valence-electron chi connectivity index (χ0n) is 16.1. The molecular weight excluding hydrogens is 346 g/mol. The Kier molecular flexibility index (Phi) is 4.91. The third-order valence-corrected chi connectivity index (χ3v) is 6.91. The van der Waals surface area contributed by atoms with Crippen LogP contribution in [0.25, 0.3) is 0 Å². The minimum atomic E-state index is -0.284. The highest BCUT2D eigenvalue weighted by Gasteiger charge is 2.65. The van der Waals surface area contributed by atoms with E-state index in [1.807, 2.05) is 6.07 Å². The molecule has 0 amide bonds. The summed E-state index contributed by atoms with van der Waals surface area (Å²) in [7, 11) is 3.91. The number of ether oxygens (including phenoxy) is 2. The maximum Gasteiger partial charge on any atom is 0.174 e. The van der Waals surface area contributed by atoms with Crippen molar-refractivity contribution in [3.05, 3.63) is 23.3 Å². The number of carbonyl (C=O) groups excluding carboxylic acids is 1. The number of hydrogen-bond acceptors (Lipinski definition) is 6. The van der Waals surface area contributed by atoms with Gasteiger partial charge in [-0.3, -0.25) is 4.79 Å². The zero-order valence-corrected chi connectivity index (χ0v) is 16.1. The summed E-state index contributed by atoms with van der Waals surface area (Å²) < 4.78 is 11.8. The number of Topliss-reactive ketones (excluding diaryl/α,β-unsaturated/α-hetero) is 1. The second-order valence-electron chi connectivity index (χ2n) is 8.08. The molecule has 4 aliphatic rings. The average molecular weight is 375 g/mol. The van der Waals surface area contributed by atoms with Crippen molar-refractivity contribution in [2.75, 3.05) is 33.9 Å². The first-order valence-corrected chi connectivity index (χ1v) is 9.90. The van der Waals surface area contributed by atoms with E-state index in [2.05, 4.69) is 18.0 Å². The second-order valence-corrected chi connectivity index (χ2v) is 8.08. The lowest BCUT2D eigenvalue weighted by atomic mass is 9.52. The molecule has 6 heteroatoms. The lowest BCUT2D eigenvalue weighted by Gasteiger charge is -2.57. The maximum absolute atomic E-state index is 12.6. The summed E-state index contributed by atoms with van der Waals surface area (Å²) in [6, 6.07) is 4.73. The summed E-state index contributed by atoms with van der Waals surface area (Å²) in [5.41, 5.74) is 2.57. The molecule has 2 N–H and O–H groups in total. The lowest BCUT2D eigenvalue weighted by molar-refractivity contribution is -0.138. The fourth-order valence-electron chi connectivity index (χ4n) is 5.74. The second kappa shape index (κ2) is 7.08. The van der Waals surface area contributed by atoms with Crippen LogP contribution in [0.15, 0.2) is 12.1 Å². The molecule has 0 unspecified atom stereocenters. The highest BCUT2D eigenvalue weighted by molar-refractivity contribution is 5.89. The van der Waals surface area contributed by atoms with E-state index in [9.17, 15) is 4.79 Å². The summed E-state index contributed by atoms with van der Waals surface area (Å²) in [5.74, 6) is 2.46. The molecule has 148 valence electrons. The van der Waals surface area contributed by atoms with Gasteiger partial charge in [0.05, 0.1) is 7.11 Å². The molecular formula is C21H29NO5. The van der Waals surface area contributed by atoms with Crippen LogP contribution in [0.5, 0.6) is 11.5 Å². The molecule has 2 fully saturated rings. The third-order valence-electron chi connectivity index (χ3n) is 6.91. The van der Waals surface area contributed by atoms with Crippen molar-refractivity contribution < 1.29 is 24.5 Å². The van der Waals surface area contributed by atoms with Gasteiger partial charge in [-0.05, 0) is 56.8 Å². The largest absolute Gasteiger partial charge is 0.493 e. The molecule has 27 heavy (non-hydrogen) atoms. The predicted octanol–water partition coefficient (Wildman–Crippen LogP) is 1.29. The Morgan fingerprint density at radius 2 is 2.11 bits per heavy atom. The van der Waals surface area contributed by atoms with Gasteiger partial charge in [0.25, 0.3) is 0 Å². The minimum absolute atomic E-state index is 0.0933. The minimum Gasteiger partial charge on any atom is -0.493 e. The van der Waals surface area contributed by atoms with Crippen molar-refractivity contribution in [1.29, 1.82) is 0 Å². The van der Waals surface area contributed by atoms with Gasteiger partial charge in [0.2, 0.25) is 0 Å². The van der Waals surface area contributed by atoms with Crippen LogP contribution in [-0.4, -0.2) is 67.0 Å². The molecule has 1 saturated carbocycles. The van der Waals surface area contributed by atoms with E-state index in [1.54, 1.807) is 7.11 Å². The van der Waals surface area contributed by atoms with E-state index in [-0.39, 0.29) is 30.5 Å². The molecule has 2 heterocycles. The molecule has 0 radical (unpaired) electrons. The number of carbonyl (C=O) groups is 1. The highest BCUT2D eigenvalue weighted by atomic mass is 16.5. The molecule has 2 aliphatic heterocycles. The highest BCUT2D eigenvalue weighted by Crippen LogP contribution is 2.63. The first-order chi connectivity index (χ1) is 13.1. The van der Waals surface area contributed by atoms with Crippen molar-refractivity contribution >= 4 is 5.78 Å². The number of benzene rings is 1. The molecule has 5 rings (SSSR count). The molecule has 4 atom stereocenters. The van der Waals surface area contributed by atoms with Gasteiger partial charge in [-0.1, -0.05) is 6.07 Å². The molecule has 1 spiro atoms. The van der Waals surface area contributed by atoms with E-state index in [0.29, 0.717) is 24.8 Å². The van der Waals surface area contributed by atoms with Gasteiger partial charge < -0.3 is 24.6 Å². The van der Waals surface area contributed by atoms with Crippen LogP contribution in [0.2, 0.25) is 0 Å². The van der Waals surface area contributed by atoms with Gasteiger partial charge in [0.1, 0.15) is 0 Å². The first-order valence-electron chi connectivity index (χ1n) is 9.90. The Bertz CT molecular complexity index is 734. The van der Waals surface area contributed by atoms with Crippen molar-refractivity contribution in [3.8, 4) is 11.5 Å². The van der Waals surface area contributed by atoms with E-state index < -0.39 is 0 Å². The Morgan fingerprint density at radius 1 is 1.33 bits per heavy atom. The number of likely N-dealkylation sites (tertiary alicyclic amines) is 1. The first kappa shape index (κ1) is 18.7. The third kappa shape index (κ3) is 2.61. The topological polar surface area (TPSA) is 79.2 Å². The standard InChI is InChI=1S/C18H21NO3.C3H8O2/c1-19-8-7-18-11-4-5-13(20)17(18)22-16-14(21-2)6-3-10(15(16)18)9-12(11)19;4-2-1-3-5/h3,6,11-12,17H,4-5,7-9H2,1-2H3;4-5H,1-3H2/t11-,12+,17-,18-;/m0./s1. The van der Waals surface area contributed by atoms with Gasteiger partial charge in [-0.2, -0.15) is 0 Å². The van der Waals surface area contributed by atoms with Crippen LogP contribution in [0, 0.1) is 5.92 Å². The van der Waals surface area contributed by atoms with Crippen LogP contribution in [-0.2, 0) is 16.6 Å². The normalized spacial score (nSPS) is 32.9.